The fraction of sp³-hybridized carbons (Fsp3) is 0.333. The first-order chi connectivity index (χ1) is 19.2. The molecule has 2 heterocycles. The van der Waals surface area contributed by atoms with Gasteiger partial charge >= 0.3 is 11.9 Å². The molecule has 0 N–H and O–H groups in total. The first kappa shape index (κ1) is 35.5. The molecule has 0 spiro atoms. The number of rotatable bonds is 6. The lowest BCUT2D eigenvalue weighted by Crippen LogP contribution is -2.29. The second-order valence-corrected chi connectivity index (χ2v) is 15.3. The van der Waals surface area contributed by atoms with Crippen molar-refractivity contribution in [3.05, 3.63) is 74.9 Å². The Bertz CT molecular complexity index is 1500. The van der Waals surface area contributed by atoms with Crippen LogP contribution in [0.4, 0.5) is 0 Å². The largest absolute Gasteiger partial charge is 0.465 e. The summed E-state index contributed by atoms with van der Waals surface area (Å²) in [7, 11) is 0. The number of nitrogens with zero attached hydrogens (tertiary/aromatic N) is 2. The average Bonchev–Trinajstić information content (AvgIpc) is 2.90. The molecule has 0 fully saturated rings. The van der Waals surface area contributed by atoms with Crippen molar-refractivity contribution in [1.29, 1.82) is 0 Å². The van der Waals surface area contributed by atoms with Gasteiger partial charge in [-0.2, -0.15) is 0 Å². The number of hydrogen-bond acceptors (Lipinski definition) is 7. The average molecular weight is 792 g/mol. The third kappa shape index (κ3) is 11.1. The quantitative estimate of drug-likeness (QED) is 0.109. The molecule has 220 valence electrons. The zero-order valence-corrected chi connectivity index (χ0v) is 30.0. The molecule has 2 aromatic carbocycles. The minimum absolute atomic E-state index is 0.204. The Labute approximate surface area is 275 Å². The van der Waals surface area contributed by atoms with Crippen LogP contribution in [-0.2, 0) is 19.1 Å². The predicted molar refractivity (Wildman–Crippen MR) is 180 cm³/mol. The van der Waals surface area contributed by atoms with E-state index in [0.717, 1.165) is 40.7 Å². The molecule has 0 aliphatic rings. The molecule has 4 aromatic rings. The molecule has 0 aliphatic carbocycles. The molecule has 0 saturated carbocycles. The fourth-order valence-corrected chi connectivity index (χ4v) is 5.33. The number of benzene rings is 2. The Morgan fingerprint density at radius 3 is 1.80 bits per heavy atom. The smallest absolute Gasteiger partial charge is 0.322 e. The summed E-state index contributed by atoms with van der Waals surface area (Å²) in [5.41, 5.74) is 1.84. The van der Waals surface area contributed by atoms with E-state index in [2.05, 4.69) is 57.8 Å². The number of carbonyl (C=O) groups is 2. The van der Waals surface area contributed by atoms with Gasteiger partial charge in [0.2, 0.25) is 0 Å². The predicted octanol–water partition coefficient (Wildman–Crippen LogP) is 9.80. The van der Waals surface area contributed by atoms with Crippen molar-refractivity contribution in [2.75, 3.05) is 13.2 Å². The van der Waals surface area contributed by atoms with Gasteiger partial charge in [0, 0.05) is 37.0 Å². The second kappa shape index (κ2) is 16.2. The second-order valence-electron chi connectivity index (χ2n) is 9.45. The normalized spacial score (nSPS) is 11.2. The van der Waals surface area contributed by atoms with Crippen LogP contribution in [0.15, 0.2) is 74.8 Å². The molecule has 4 rings (SSSR count). The first-order valence-electron chi connectivity index (χ1n) is 12.7. The van der Waals surface area contributed by atoms with Gasteiger partial charge in [-0.25, -0.2) is 0 Å². The SMILES string of the molecule is CCOC(=O)C(C)(C)Br.CCOC(=O)C(C)(C)Sc1ccnc2ccc(Br)cc12.Clc1ccnc2ccc(Br)cc12. The van der Waals surface area contributed by atoms with Crippen molar-refractivity contribution >= 4 is 105 Å². The first-order valence-corrected chi connectivity index (χ1v) is 16.2. The summed E-state index contributed by atoms with van der Waals surface area (Å²) in [6.07, 6.45) is 3.47. The molecule has 6 nitrogen and oxygen atoms in total. The Morgan fingerprint density at radius 2 is 1.29 bits per heavy atom. The molecule has 0 atom stereocenters. The number of thioether (sulfide) groups is 1. The topological polar surface area (TPSA) is 78.4 Å². The molecule has 0 unspecified atom stereocenters. The summed E-state index contributed by atoms with van der Waals surface area (Å²) in [4.78, 5) is 32.3. The maximum absolute atomic E-state index is 12.0. The van der Waals surface area contributed by atoms with Crippen LogP contribution in [0.3, 0.4) is 0 Å². The van der Waals surface area contributed by atoms with E-state index in [1.54, 1.807) is 39.2 Å². The van der Waals surface area contributed by atoms with Gasteiger partial charge in [0.25, 0.3) is 0 Å². The summed E-state index contributed by atoms with van der Waals surface area (Å²) >= 11 is 17.5. The lowest BCUT2D eigenvalue weighted by molar-refractivity contribution is -0.145. The van der Waals surface area contributed by atoms with Crippen LogP contribution in [0.5, 0.6) is 0 Å². The van der Waals surface area contributed by atoms with E-state index in [1.165, 1.54) is 11.8 Å². The van der Waals surface area contributed by atoms with Gasteiger partial charge < -0.3 is 9.47 Å². The highest BCUT2D eigenvalue weighted by Gasteiger charge is 2.31. The number of carbonyl (C=O) groups excluding carboxylic acids is 2. The van der Waals surface area contributed by atoms with Crippen LogP contribution >= 0.6 is 71.2 Å². The van der Waals surface area contributed by atoms with Crippen molar-refractivity contribution < 1.29 is 19.1 Å². The maximum atomic E-state index is 12.0. The van der Waals surface area contributed by atoms with Crippen molar-refractivity contribution in [3.63, 3.8) is 0 Å². The molecule has 0 amide bonds. The Kier molecular flexibility index (Phi) is 14.0. The number of hydrogen-bond donors (Lipinski definition) is 0. The zero-order valence-electron chi connectivity index (χ0n) is 23.6. The summed E-state index contributed by atoms with van der Waals surface area (Å²) in [6, 6.07) is 15.5. The van der Waals surface area contributed by atoms with Crippen LogP contribution in [0.25, 0.3) is 21.8 Å². The van der Waals surface area contributed by atoms with Gasteiger partial charge in [-0.1, -0.05) is 59.4 Å². The highest BCUT2D eigenvalue weighted by atomic mass is 79.9. The number of esters is 2. The third-order valence-corrected chi connectivity index (χ3v) is 8.10. The van der Waals surface area contributed by atoms with Crippen LogP contribution in [0, 0.1) is 0 Å². The van der Waals surface area contributed by atoms with E-state index in [0.29, 0.717) is 13.2 Å². The van der Waals surface area contributed by atoms with Gasteiger partial charge in [0.1, 0.15) is 9.07 Å². The number of ether oxygens (including phenoxy) is 2. The van der Waals surface area contributed by atoms with E-state index in [4.69, 9.17) is 21.1 Å². The summed E-state index contributed by atoms with van der Waals surface area (Å²) in [6.45, 7) is 11.7. The van der Waals surface area contributed by atoms with E-state index >= 15 is 0 Å². The Hall–Kier alpha value is -1.72. The molecule has 2 aromatic heterocycles. The summed E-state index contributed by atoms with van der Waals surface area (Å²) < 4.78 is 10.7. The van der Waals surface area contributed by atoms with E-state index < -0.39 is 9.07 Å². The summed E-state index contributed by atoms with van der Waals surface area (Å²) in [5, 5.41) is 2.75. The number of aromatic nitrogens is 2. The monoisotopic (exact) mass is 788 g/mol. The van der Waals surface area contributed by atoms with Gasteiger partial charge in [-0.15, -0.1) is 11.8 Å². The van der Waals surface area contributed by atoms with Crippen molar-refractivity contribution in [1.82, 2.24) is 9.97 Å². The molecule has 0 bridgehead atoms. The molecule has 0 aliphatic heterocycles. The zero-order chi connectivity index (χ0) is 30.8. The molecular formula is C30H32Br3ClN2O4S. The van der Waals surface area contributed by atoms with Crippen LogP contribution < -0.4 is 0 Å². The standard InChI is InChI=1S/C15H16BrNO2S.C9H5BrClN.C6H11BrO2/c1-4-19-14(18)15(2,3)20-13-7-8-17-12-6-5-10(16)9-11(12)13;10-6-1-2-9-7(5-6)8(11)3-4-12-9;1-4-9-5(8)6(2,3)7/h5-9H,4H2,1-3H3;1-5H;4H2,1-3H3. The van der Waals surface area contributed by atoms with Gasteiger partial charge in [0.05, 0.1) is 29.3 Å². The highest BCUT2D eigenvalue weighted by molar-refractivity contribution is 9.11. The van der Waals surface area contributed by atoms with Gasteiger partial charge in [-0.3, -0.25) is 19.6 Å². The molecule has 41 heavy (non-hydrogen) atoms. The van der Waals surface area contributed by atoms with Crippen molar-refractivity contribution in [3.8, 4) is 0 Å². The van der Waals surface area contributed by atoms with Crippen molar-refractivity contribution in [2.24, 2.45) is 0 Å². The van der Waals surface area contributed by atoms with Gasteiger partial charge in [0.15, 0.2) is 0 Å². The number of halogens is 4. The van der Waals surface area contributed by atoms with Crippen LogP contribution in [-0.4, -0.2) is 44.2 Å². The number of pyridine rings is 2. The third-order valence-electron chi connectivity index (χ3n) is 5.21. The minimum atomic E-state index is -0.632. The number of fused-ring (bicyclic) bond motifs is 2. The van der Waals surface area contributed by atoms with E-state index in [9.17, 15) is 9.59 Å². The maximum Gasteiger partial charge on any atom is 0.322 e. The summed E-state index contributed by atoms with van der Waals surface area (Å²) in [5.74, 6) is -0.421. The fourth-order valence-electron chi connectivity index (χ4n) is 3.19. The lowest BCUT2D eigenvalue weighted by Gasteiger charge is -2.22. The van der Waals surface area contributed by atoms with Crippen LogP contribution in [0.1, 0.15) is 41.5 Å². The number of alkyl halides is 1. The molecular weight excluding hydrogens is 760 g/mol. The van der Waals surface area contributed by atoms with E-state index in [-0.39, 0.29) is 11.9 Å². The van der Waals surface area contributed by atoms with Crippen molar-refractivity contribution in [2.45, 2.75) is 55.5 Å². The Morgan fingerprint density at radius 1 is 0.805 bits per heavy atom. The highest BCUT2D eigenvalue weighted by Crippen LogP contribution is 2.37. The van der Waals surface area contributed by atoms with Crippen LogP contribution in [0.2, 0.25) is 5.02 Å². The molecule has 0 saturated heterocycles. The minimum Gasteiger partial charge on any atom is -0.465 e. The Balaban J connectivity index is 0.000000238. The lowest BCUT2D eigenvalue weighted by atomic mass is 10.2. The molecule has 0 radical (unpaired) electrons. The molecule has 11 heteroatoms. The van der Waals surface area contributed by atoms with Gasteiger partial charge in [-0.05, 0) is 90.1 Å². The van der Waals surface area contributed by atoms with E-state index in [1.807, 2.05) is 63.2 Å².